The summed E-state index contributed by atoms with van der Waals surface area (Å²) in [6, 6.07) is 16.5. The SMILES string of the molecule is C=C1c2ccccc2C(=O)c2c(Nc3ccc(Cl)cc3)cc(S)c(N)c21. The number of thiol groups is 1. The second-order valence-electron chi connectivity index (χ2n) is 6.09. The zero-order valence-corrected chi connectivity index (χ0v) is 15.4. The summed E-state index contributed by atoms with van der Waals surface area (Å²) >= 11 is 10.4. The molecule has 0 bridgehead atoms. The maximum atomic E-state index is 13.2. The van der Waals surface area contributed by atoms with Crippen molar-refractivity contribution in [2.45, 2.75) is 4.90 Å². The Hall–Kier alpha value is -2.69. The fourth-order valence-corrected chi connectivity index (χ4v) is 3.60. The van der Waals surface area contributed by atoms with E-state index in [1.165, 1.54) is 0 Å². The molecule has 0 heterocycles. The average molecular weight is 379 g/mol. The number of nitrogen functional groups attached to an aromatic ring is 1. The lowest BCUT2D eigenvalue weighted by Crippen LogP contribution is -2.18. The molecule has 3 N–H and O–H groups in total. The third kappa shape index (κ3) is 2.59. The number of hydrogen-bond acceptors (Lipinski definition) is 4. The summed E-state index contributed by atoms with van der Waals surface area (Å²) in [4.78, 5) is 13.8. The number of ketones is 1. The molecule has 0 aliphatic heterocycles. The predicted octanol–water partition coefficient (Wildman–Crippen LogP) is 5.56. The van der Waals surface area contributed by atoms with Crippen LogP contribution in [0.5, 0.6) is 0 Å². The smallest absolute Gasteiger partial charge is 0.196 e. The van der Waals surface area contributed by atoms with Crippen LogP contribution in [0.2, 0.25) is 5.02 Å². The van der Waals surface area contributed by atoms with Gasteiger partial charge in [-0.2, -0.15) is 0 Å². The first kappa shape index (κ1) is 16.8. The normalized spacial score (nSPS) is 12.5. The van der Waals surface area contributed by atoms with Crippen molar-refractivity contribution in [2.75, 3.05) is 11.1 Å². The van der Waals surface area contributed by atoms with Crippen LogP contribution in [0.1, 0.15) is 27.0 Å². The summed E-state index contributed by atoms with van der Waals surface area (Å²) in [6.45, 7) is 4.18. The van der Waals surface area contributed by atoms with Gasteiger partial charge in [0.05, 0.1) is 16.9 Å². The van der Waals surface area contributed by atoms with Crippen LogP contribution in [0.15, 0.2) is 66.1 Å². The molecule has 0 saturated carbocycles. The molecule has 0 amide bonds. The molecule has 0 radical (unpaired) electrons. The first-order valence-electron chi connectivity index (χ1n) is 7.99. The molecule has 0 atom stereocenters. The number of nitrogens with one attached hydrogen (secondary N) is 1. The van der Waals surface area contributed by atoms with Gasteiger partial charge in [0.1, 0.15) is 0 Å². The minimum absolute atomic E-state index is 0.0838. The molecular formula is C21H15ClN2OS. The number of anilines is 3. The van der Waals surface area contributed by atoms with Crippen molar-refractivity contribution in [3.63, 3.8) is 0 Å². The van der Waals surface area contributed by atoms with E-state index in [4.69, 9.17) is 17.3 Å². The monoisotopic (exact) mass is 378 g/mol. The maximum absolute atomic E-state index is 13.2. The van der Waals surface area contributed by atoms with E-state index in [2.05, 4.69) is 24.5 Å². The van der Waals surface area contributed by atoms with E-state index in [0.29, 0.717) is 38.0 Å². The Morgan fingerprint density at radius 2 is 1.65 bits per heavy atom. The summed E-state index contributed by atoms with van der Waals surface area (Å²) in [5.74, 6) is -0.0838. The lowest BCUT2D eigenvalue weighted by molar-refractivity contribution is 0.103. The van der Waals surface area contributed by atoms with Crippen LogP contribution in [0.25, 0.3) is 5.57 Å². The molecule has 0 spiro atoms. The fraction of sp³-hybridized carbons (Fsp3) is 0. The van der Waals surface area contributed by atoms with Crippen molar-refractivity contribution in [2.24, 2.45) is 0 Å². The molecule has 1 aliphatic carbocycles. The number of carbonyl (C=O) groups excluding carboxylic acids is 1. The number of nitrogens with two attached hydrogens (primary N) is 1. The van der Waals surface area contributed by atoms with E-state index in [9.17, 15) is 4.79 Å². The third-order valence-electron chi connectivity index (χ3n) is 4.49. The van der Waals surface area contributed by atoms with Crippen LogP contribution < -0.4 is 11.1 Å². The van der Waals surface area contributed by atoms with Crippen molar-refractivity contribution < 1.29 is 4.79 Å². The summed E-state index contributed by atoms with van der Waals surface area (Å²) in [5.41, 5.74) is 11.5. The van der Waals surface area contributed by atoms with Crippen molar-refractivity contribution in [3.8, 4) is 0 Å². The van der Waals surface area contributed by atoms with Gasteiger partial charge in [0.25, 0.3) is 0 Å². The fourth-order valence-electron chi connectivity index (χ4n) is 3.23. The average Bonchev–Trinajstić information content (AvgIpc) is 2.64. The van der Waals surface area contributed by atoms with Gasteiger partial charge >= 0.3 is 0 Å². The number of rotatable bonds is 2. The van der Waals surface area contributed by atoms with E-state index in [-0.39, 0.29) is 5.78 Å². The summed E-state index contributed by atoms with van der Waals surface area (Å²) < 4.78 is 0. The van der Waals surface area contributed by atoms with E-state index in [0.717, 1.165) is 16.8 Å². The van der Waals surface area contributed by atoms with Gasteiger partial charge in [-0.15, -0.1) is 12.6 Å². The highest BCUT2D eigenvalue weighted by molar-refractivity contribution is 7.80. The van der Waals surface area contributed by atoms with Crippen LogP contribution in [0, 0.1) is 0 Å². The quantitative estimate of drug-likeness (QED) is 0.316. The highest BCUT2D eigenvalue weighted by Crippen LogP contribution is 2.44. The predicted molar refractivity (Wildman–Crippen MR) is 111 cm³/mol. The van der Waals surface area contributed by atoms with Crippen LogP contribution in [-0.4, -0.2) is 5.78 Å². The molecule has 3 aromatic rings. The Morgan fingerprint density at radius 3 is 2.35 bits per heavy atom. The summed E-state index contributed by atoms with van der Waals surface area (Å²) in [7, 11) is 0. The Bertz CT molecular complexity index is 1070. The molecule has 0 fully saturated rings. The van der Waals surface area contributed by atoms with Gasteiger partial charge in [-0.05, 0) is 41.5 Å². The molecule has 26 heavy (non-hydrogen) atoms. The molecular weight excluding hydrogens is 364 g/mol. The number of fused-ring (bicyclic) bond motifs is 2. The molecule has 128 valence electrons. The molecule has 5 heteroatoms. The highest BCUT2D eigenvalue weighted by Gasteiger charge is 2.31. The van der Waals surface area contributed by atoms with Crippen LogP contribution in [0.4, 0.5) is 17.1 Å². The lowest BCUT2D eigenvalue weighted by atomic mass is 9.80. The van der Waals surface area contributed by atoms with Crippen molar-refractivity contribution in [3.05, 3.63) is 88.5 Å². The van der Waals surface area contributed by atoms with Crippen LogP contribution >= 0.6 is 24.2 Å². The second-order valence-corrected chi connectivity index (χ2v) is 7.01. The number of hydrogen-bond donors (Lipinski definition) is 3. The van der Waals surface area contributed by atoms with Crippen LogP contribution in [0.3, 0.4) is 0 Å². The third-order valence-corrected chi connectivity index (χ3v) is 5.12. The van der Waals surface area contributed by atoms with Gasteiger partial charge < -0.3 is 11.1 Å². The van der Waals surface area contributed by atoms with Gasteiger partial charge in [-0.3, -0.25) is 4.79 Å². The van der Waals surface area contributed by atoms with E-state index >= 15 is 0 Å². The standard InChI is InChI=1S/C21H15ClN2OS/c1-11-14-4-2-3-5-15(14)21(25)19-16(10-17(26)20(23)18(11)19)24-13-8-6-12(22)7-9-13/h2-10,24,26H,1,23H2. The Morgan fingerprint density at radius 1 is 1.00 bits per heavy atom. The Balaban J connectivity index is 1.93. The minimum atomic E-state index is -0.0838. The highest BCUT2D eigenvalue weighted by atomic mass is 35.5. The minimum Gasteiger partial charge on any atom is -0.397 e. The van der Waals surface area contributed by atoms with Gasteiger partial charge in [-0.1, -0.05) is 42.4 Å². The van der Waals surface area contributed by atoms with E-state index < -0.39 is 0 Å². The molecule has 0 unspecified atom stereocenters. The molecule has 1 aliphatic rings. The molecule has 4 rings (SSSR count). The van der Waals surface area contributed by atoms with Gasteiger partial charge in [-0.25, -0.2) is 0 Å². The van der Waals surface area contributed by atoms with Crippen molar-refractivity contribution in [1.29, 1.82) is 0 Å². The van der Waals surface area contributed by atoms with E-state index in [1.54, 1.807) is 18.2 Å². The first-order chi connectivity index (χ1) is 12.5. The molecule has 0 saturated heterocycles. The van der Waals surface area contributed by atoms with Crippen molar-refractivity contribution in [1.82, 2.24) is 0 Å². The molecule has 3 nitrogen and oxygen atoms in total. The number of halogens is 1. The van der Waals surface area contributed by atoms with Gasteiger partial charge in [0.2, 0.25) is 0 Å². The zero-order valence-electron chi connectivity index (χ0n) is 13.7. The van der Waals surface area contributed by atoms with Crippen LogP contribution in [-0.2, 0) is 0 Å². The van der Waals surface area contributed by atoms with E-state index in [1.807, 2.05) is 36.4 Å². The second kappa shape index (κ2) is 6.24. The Labute approximate surface area is 161 Å². The topological polar surface area (TPSA) is 55.1 Å². The first-order valence-corrected chi connectivity index (χ1v) is 8.81. The molecule has 3 aromatic carbocycles. The van der Waals surface area contributed by atoms with Gasteiger partial charge in [0, 0.05) is 26.7 Å². The maximum Gasteiger partial charge on any atom is 0.196 e. The summed E-state index contributed by atoms with van der Waals surface area (Å²) in [6.07, 6.45) is 0. The lowest BCUT2D eigenvalue weighted by Gasteiger charge is -2.26. The van der Waals surface area contributed by atoms with Crippen molar-refractivity contribution >= 4 is 52.6 Å². The van der Waals surface area contributed by atoms with Gasteiger partial charge in [0.15, 0.2) is 5.78 Å². The zero-order chi connectivity index (χ0) is 18.4. The number of benzene rings is 3. The molecule has 0 aromatic heterocycles. The number of carbonyl (C=O) groups is 1. The summed E-state index contributed by atoms with van der Waals surface area (Å²) in [5, 5.41) is 3.93. The largest absolute Gasteiger partial charge is 0.397 e. The Kier molecular flexibility index (Phi) is 4.02.